The predicted molar refractivity (Wildman–Crippen MR) is 69.1 cm³/mol. The first-order valence-electron chi connectivity index (χ1n) is 5.42. The molecule has 0 aliphatic carbocycles. The first-order valence-corrected chi connectivity index (χ1v) is 5.42. The van der Waals surface area contributed by atoms with Crippen LogP contribution in [-0.4, -0.2) is 27.3 Å². The summed E-state index contributed by atoms with van der Waals surface area (Å²) >= 11 is 0. The van der Waals surface area contributed by atoms with E-state index >= 15 is 0 Å². The minimum atomic E-state index is -0.532. The molecule has 1 amide bonds. The van der Waals surface area contributed by atoms with E-state index in [1.165, 1.54) is 36.8 Å². The van der Waals surface area contributed by atoms with Crippen molar-refractivity contribution in [1.82, 2.24) is 10.4 Å². The lowest BCUT2D eigenvalue weighted by Crippen LogP contribution is -2.17. The van der Waals surface area contributed by atoms with Crippen molar-refractivity contribution in [3.05, 3.63) is 53.9 Å². The summed E-state index contributed by atoms with van der Waals surface area (Å²) in [7, 11) is 0. The molecule has 6 nitrogen and oxygen atoms in total. The van der Waals surface area contributed by atoms with Gasteiger partial charge in [0, 0.05) is 6.20 Å². The number of aromatic nitrogens is 1. The molecule has 0 unspecified atom stereocenters. The van der Waals surface area contributed by atoms with Gasteiger partial charge < -0.3 is 10.2 Å². The molecule has 0 aliphatic rings. The molecule has 0 radical (unpaired) electrons. The molecule has 96 valence electrons. The van der Waals surface area contributed by atoms with Crippen molar-refractivity contribution in [2.45, 2.75) is 0 Å². The van der Waals surface area contributed by atoms with Crippen LogP contribution in [0.4, 0.5) is 0 Å². The Hall–Kier alpha value is -2.89. The third kappa shape index (κ3) is 3.29. The van der Waals surface area contributed by atoms with Crippen LogP contribution in [0.5, 0.6) is 11.5 Å². The van der Waals surface area contributed by atoms with Gasteiger partial charge in [-0.1, -0.05) is 0 Å². The second-order valence-electron chi connectivity index (χ2n) is 3.68. The summed E-state index contributed by atoms with van der Waals surface area (Å²) in [6.45, 7) is 0. The van der Waals surface area contributed by atoms with Crippen LogP contribution in [0.2, 0.25) is 0 Å². The van der Waals surface area contributed by atoms with E-state index in [9.17, 15) is 9.90 Å². The lowest BCUT2D eigenvalue weighted by Gasteiger charge is -2.01. The zero-order chi connectivity index (χ0) is 13.7. The highest BCUT2D eigenvalue weighted by molar-refractivity contribution is 5.97. The monoisotopic (exact) mass is 257 g/mol. The van der Waals surface area contributed by atoms with Crippen molar-refractivity contribution in [3.8, 4) is 11.5 Å². The van der Waals surface area contributed by atoms with Crippen molar-refractivity contribution >= 4 is 12.1 Å². The topological polar surface area (TPSA) is 94.8 Å². The summed E-state index contributed by atoms with van der Waals surface area (Å²) < 4.78 is 0. The first kappa shape index (κ1) is 12.6. The number of hydrazone groups is 1. The van der Waals surface area contributed by atoms with Crippen LogP contribution in [0.3, 0.4) is 0 Å². The van der Waals surface area contributed by atoms with E-state index in [1.54, 1.807) is 12.1 Å². The number of carbonyl (C=O) groups is 1. The number of hydrogen-bond acceptors (Lipinski definition) is 5. The predicted octanol–water partition coefficient (Wildman–Crippen LogP) is 1.26. The zero-order valence-electron chi connectivity index (χ0n) is 9.82. The number of aromatic hydroxyl groups is 2. The Bertz CT molecular complexity index is 609. The van der Waals surface area contributed by atoms with Gasteiger partial charge >= 0.3 is 0 Å². The highest BCUT2D eigenvalue weighted by Crippen LogP contribution is 2.13. The molecule has 2 aromatic rings. The number of rotatable bonds is 3. The molecule has 0 atom stereocenters. The van der Waals surface area contributed by atoms with E-state index in [0.717, 1.165) is 5.56 Å². The first-order chi connectivity index (χ1) is 9.16. The van der Waals surface area contributed by atoms with E-state index in [2.05, 4.69) is 15.5 Å². The number of phenols is 1. The Kier molecular flexibility index (Phi) is 3.72. The van der Waals surface area contributed by atoms with Gasteiger partial charge in [0.05, 0.1) is 18.0 Å². The fourth-order valence-corrected chi connectivity index (χ4v) is 1.36. The van der Waals surface area contributed by atoms with Crippen LogP contribution in [0.25, 0.3) is 0 Å². The van der Waals surface area contributed by atoms with Crippen LogP contribution in [0.15, 0.2) is 47.8 Å². The van der Waals surface area contributed by atoms with E-state index in [-0.39, 0.29) is 17.1 Å². The molecule has 1 heterocycles. The van der Waals surface area contributed by atoms with Gasteiger partial charge in [0.25, 0.3) is 5.91 Å². The summed E-state index contributed by atoms with van der Waals surface area (Å²) in [5.74, 6) is -0.586. The summed E-state index contributed by atoms with van der Waals surface area (Å²) in [4.78, 5) is 15.3. The summed E-state index contributed by atoms with van der Waals surface area (Å²) in [5.41, 5.74) is 3.10. The Morgan fingerprint density at radius 3 is 2.63 bits per heavy atom. The third-order valence-corrected chi connectivity index (χ3v) is 2.32. The molecule has 1 aromatic carbocycles. The number of amides is 1. The molecule has 3 N–H and O–H groups in total. The SMILES string of the molecule is O=C(NN=Cc1ccc(O)cc1)c1ccncc1O. The van der Waals surface area contributed by atoms with Gasteiger partial charge in [0.1, 0.15) is 11.5 Å². The lowest BCUT2D eigenvalue weighted by atomic mass is 10.2. The van der Waals surface area contributed by atoms with Gasteiger partial charge in [0.2, 0.25) is 0 Å². The van der Waals surface area contributed by atoms with Gasteiger partial charge in [-0.25, -0.2) is 5.43 Å². The lowest BCUT2D eigenvalue weighted by molar-refractivity contribution is 0.0952. The fraction of sp³-hybridized carbons (Fsp3) is 0. The third-order valence-electron chi connectivity index (χ3n) is 2.32. The van der Waals surface area contributed by atoms with Crippen LogP contribution >= 0.6 is 0 Å². The van der Waals surface area contributed by atoms with Gasteiger partial charge in [-0.15, -0.1) is 0 Å². The molecule has 0 spiro atoms. The molecule has 0 saturated carbocycles. The molecule has 1 aromatic heterocycles. The second kappa shape index (κ2) is 5.63. The number of phenolic OH excluding ortho intramolecular Hbond substituents is 1. The molecule has 2 rings (SSSR count). The number of carbonyl (C=O) groups excluding carboxylic acids is 1. The van der Waals surface area contributed by atoms with E-state index < -0.39 is 5.91 Å². The van der Waals surface area contributed by atoms with Gasteiger partial charge in [-0.05, 0) is 35.9 Å². The van der Waals surface area contributed by atoms with Crippen LogP contribution in [0.1, 0.15) is 15.9 Å². The molecule has 0 fully saturated rings. The van der Waals surface area contributed by atoms with E-state index in [0.29, 0.717) is 0 Å². The average molecular weight is 257 g/mol. The van der Waals surface area contributed by atoms with Crippen LogP contribution < -0.4 is 5.43 Å². The summed E-state index contributed by atoms with van der Waals surface area (Å²) in [5, 5.41) is 22.3. The Labute approximate surface area is 109 Å². The smallest absolute Gasteiger partial charge is 0.275 e. The second-order valence-corrected chi connectivity index (χ2v) is 3.68. The number of nitrogens with one attached hydrogen (secondary N) is 1. The zero-order valence-corrected chi connectivity index (χ0v) is 9.82. The van der Waals surface area contributed by atoms with Gasteiger partial charge in [-0.3, -0.25) is 9.78 Å². The maximum absolute atomic E-state index is 11.7. The van der Waals surface area contributed by atoms with Crippen molar-refractivity contribution in [2.24, 2.45) is 5.10 Å². The highest BCUT2D eigenvalue weighted by atomic mass is 16.3. The number of nitrogens with zero attached hydrogens (tertiary/aromatic N) is 2. The molecule has 6 heteroatoms. The average Bonchev–Trinajstić information content (AvgIpc) is 2.41. The van der Waals surface area contributed by atoms with E-state index in [1.807, 2.05) is 0 Å². The Morgan fingerprint density at radius 1 is 1.21 bits per heavy atom. The van der Waals surface area contributed by atoms with Crippen LogP contribution in [-0.2, 0) is 0 Å². The number of hydrogen-bond donors (Lipinski definition) is 3. The molecular formula is C13H11N3O3. The highest BCUT2D eigenvalue weighted by Gasteiger charge is 2.08. The Balaban J connectivity index is 2.01. The maximum Gasteiger partial charge on any atom is 0.275 e. The van der Waals surface area contributed by atoms with Crippen molar-refractivity contribution in [3.63, 3.8) is 0 Å². The maximum atomic E-state index is 11.7. The molecular weight excluding hydrogens is 246 g/mol. The summed E-state index contributed by atoms with van der Waals surface area (Å²) in [6, 6.07) is 7.71. The van der Waals surface area contributed by atoms with Crippen molar-refractivity contribution in [2.75, 3.05) is 0 Å². The number of pyridine rings is 1. The van der Waals surface area contributed by atoms with Crippen molar-refractivity contribution < 1.29 is 15.0 Å². The molecule has 0 aliphatic heterocycles. The standard InChI is InChI=1S/C13H11N3O3/c17-10-3-1-9(2-4-10)7-15-16-13(19)11-5-6-14-8-12(11)18/h1-8,17-18H,(H,16,19). The minimum Gasteiger partial charge on any atom is -0.508 e. The van der Waals surface area contributed by atoms with Crippen LogP contribution in [0, 0.1) is 0 Å². The quantitative estimate of drug-likeness (QED) is 0.569. The van der Waals surface area contributed by atoms with Crippen molar-refractivity contribution in [1.29, 1.82) is 0 Å². The molecule has 19 heavy (non-hydrogen) atoms. The van der Waals surface area contributed by atoms with E-state index in [4.69, 9.17) is 5.11 Å². The fourth-order valence-electron chi connectivity index (χ4n) is 1.36. The normalized spacial score (nSPS) is 10.5. The molecule has 0 saturated heterocycles. The van der Waals surface area contributed by atoms with Gasteiger partial charge in [-0.2, -0.15) is 5.10 Å². The van der Waals surface area contributed by atoms with Gasteiger partial charge in [0.15, 0.2) is 0 Å². The molecule has 0 bridgehead atoms. The number of benzene rings is 1. The Morgan fingerprint density at radius 2 is 1.95 bits per heavy atom. The largest absolute Gasteiger partial charge is 0.508 e. The summed E-state index contributed by atoms with van der Waals surface area (Å²) in [6.07, 6.45) is 4.01. The minimum absolute atomic E-state index is 0.0952.